The highest BCUT2D eigenvalue weighted by Crippen LogP contribution is 2.08. The summed E-state index contributed by atoms with van der Waals surface area (Å²) in [7, 11) is 0. The molecule has 1 aromatic rings. The van der Waals surface area contributed by atoms with Gasteiger partial charge in [0.25, 0.3) is 0 Å². The highest BCUT2D eigenvalue weighted by molar-refractivity contribution is 5.87. The third kappa shape index (κ3) is 3.23. The molecule has 0 spiro atoms. The molecule has 0 saturated heterocycles. The van der Waals surface area contributed by atoms with Crippen molar-refractivity contribution in [2.24, 2.45) is 0 Å². The number of aromatic carboxylic acids is 1. The third-order valence-electron chi connectivity index (χ3n) is 1.35. The van der Waals surface area contributed by atoms with E-state index in [4.69, 9.17) is 5.11 Å². The van der Waals surface area contributed by atoms with Crippen molar-refractivity contribution >= 4 is 5.97 Å². The van der Waals surface area contributed by atoms with E-state index in [2.05, 4.69) is 0 Å². The molecule has 1 rings (SSSR count). The zero-order valence-electron chi connectivity index (χ0n) is 7.97. The van der Waals surface area contributed by atoms with Gasteiger partial charge in [0.2, 0.25) is 0 Å². The molecule has 0 amide bonds. The summed E-state index contributed by atoms with van der Waals surface area (Å²) in [6, 6.07) is 4.02. The predicted molar refractivity (Wildman–Crippen MR) is 49.4 cm³/mol. The number of carbonyl (C=O) groups is 1. The average molecular weight is 184 g/mol. The molecule has 1 N–H and O–H groups in total. The minimum atomic E-state index is -1.23. The summed E-state index contributed by atoms with van der Waals surface area (Å²) >= 11 is 0. The molecule has 0 radical (unpaired) electrons. The molecule has 13 heavy (non-hydrogen) atoms. The van der Waals surface area contributed by atoms with Gasteiger partial charge in [-0.25, -0.2) is 9.18 Å². The summed E-state index contributed by atoms with van der Waals surface area (Å²) < 4.78 is 12.7. The van der Waals surface area contributed by atoms with E-state index >= 15 is 0 Å². The lowest BCUT2D eigenvalue weighted by atomic mass is 10.1. The fourth-order valence-electron chi connectivity index (χ4n) is 0.794. The Labute approximate surface area is 77.0 Å². The third-order valence-corrected chi connectivity index (χ3v) is 1.35. The van der Waals surface area contributed by atoms with E-state index in [1.165, 1.54) is 12.1 Å². The van der Waals surface area contributed by atoms with E-state index in [1.54, 1.807) is 13.0 Å². The van der Waals surface area contributed by atoms with Crippen molar-refractivity contribution in [3.63, 3.8) is 0 Å². The summed E-state index contributed by atoms with van der Waals surface area (Å²) in [4.78, 5) is 10.3. The van der Waals surface area contributed by atoms with Crippen LogP contribution < -0.4 is 0 Å². The molecule has 0 atom stereocenters. The molecule has 0 aliphatic heterocycles. The molecule has 0 bridgehead atoms. The summed E-state index contributed by atoms with van der Waals surface area (Å²) in [5.41, 5.74) is 0.433. The van der Waals surface area contributed by atoms with Gasteiger partial charge in [-0.05, 0) is 24.6 Å². The quantitative estimate of drug-likeness (QED) is 0.728. The van der Waals surface area contributed by atoms with Crippen LogP contribution in [0.25, 0.3) is 0 Å². The Kier molecular flexibility index (Phi) is 4.74. The maximum Gasteiger partial charge on any atom is 0.338 e. The van der Waals surface area contributed by atoms with E-state index < -0.39 is 11.8 Å². The number of carboxylic acids is 1. The van der Waals surface area contributed by atoms with Gasteiger partial charge in [-0.15, -0.1) is 0 Å². The molecule has 2 nitrogen and oxygen atoms in total. The second kappa shape index (κ2) is 5.30. The molecule has 0 saturated carbocycles. The average Bonchev–Trinajstić information content (AvgIpc) is 2.07. The summed E-state index contributed by atoms with van der Waals surface area (Å²) in [6.07, 6.45) is 0. The van der Waals surface area contributed by atoms with E-state index in [0.29, 0.717) is 5.56 Å². The summed E-state index contributed by atoms with van der Waals surface area (Å²) in [5, 5.41) is 8.42. The summed E-state index contributed by atoms with van der Waals surface area (Å²) in [5.74, 6) is -1.92. The predicted octanol–water partition coefficient (Wildman–Crippen LogP) is 2.86. The molecule has 3 heteroatoms. The minimum Gasteiger partial charge on any atom is -0.478 e. The fraction of sp³-hybridized carbons (Fsp3) is 0.300. The van der Waals surface area contributed by atoms with Crippen LogP contribution in [0.4, 0.5) is 4.39 Å². The van der Waals surface area contributed by atoms with Gasteiger partial charge in [0.15, 0.2) is 0 Å². The molecule has 0 aliphatic rings. The van der Waals surface area contributed by atoms with Crippen LogP contribution in [0, 0.1) is 12.7 Å². The lowest BCUT2D eigenvalue weighted by molar-refractivity contribution is 0.0692. The van der Waals surface area contributed by atoms with Crippen molar-refractivity contribution in [1.29, 1.82) is 0 Å². The van der Waals surface area contributed by atoms with Gasteiger partial charge in [-0.1, -0.05) is 19.9 Å². The van der Waals surface area contributed by atoms with Gasteiger partial charge in [-0.2, -0.15) is 0 Å². The Morgan fingerprint density at radius 3 is 2.31 bits per heavy atom. The number of rotatable bonds is 1. The van der Waals surface area contributed by atoms with Crippen molar-refractivity contribution < 1.29 is 14.3 Å². The van der Waals surface area contributed by atoms with Crippen molar-refractivity contribution in [2.75, 3.05) is 0 Å². The number of benzene rings is 1. The first-order chi connectivity index (χ1) is 6.11. The Hall–Kier alpha value is -1.38. The molecule has 1 aromatic carbocycles. The Balaban J connectivity index is 0.000000671. The van der Waals surface area contributed by atoms with Crippen molar-refractivity contribution in [3.05, 3.63) is 35.1 Å². The molecule has 0 aliphatic carbocycles. The van der Waals surface area contributed by atoms with Gasteiger partial charge >= 0.3 is 5.97 Å². The van der Waals surface area contributed by atoms with Crippen LogP contribution in [-0.4, -0.2) is 11.1 Å². The van der Waals surface area contributed by atoms with Crippen LogP contribution in [0.1, 0.15) is 29.8 Å². The summed E-state index contributed by atoms with van der Waals surface area (Å²) in [6.45, 7) is 5.70. The van der Waals surface area contributed by atoms with Crippen molar-refractivity contribution in [2.45, 2.75) is 20.8 Å². The zero-order chi connectivity index (χ0) is 10.4. The zero-order valence-corrected chi connectivity index (χ0v) is 7.97. The number of hydrogen-bond donors (Lipinski definition) is 1. The molecular weight excluding hydrogens is 171 g/mol. The molecule has 0 unspecified atom stereocenters. The molecule has 0 fully saturated rings. The van der Waals surface area contributed by atoms with Crippen molar-refractivity contribution in [1.82, 2.24) is 0 Å². The molecule has 0 heterocycles. The molecular formula is C10H13FO2. The maximum atomic E-state index is 12.7. The minimum absolute atomic E-state index is 0.282. The fourth-order valence-corrected chi connectivity index (χ4v) is 0.794. The SMILES string of the molecule is CC.Cc1ccc(C(=O)O)c(F)c1. The van der Waals surface area contributed by atoms with Crippen LogP contribution in [0.15, 0.2) is 18.2 Å². The number of halogens is 1. The topological polar surface area (TPSA) is 37.3 Å². The van der Waals surface area contributed by atoms with Crippen LogP contribution in [-0.2, 0) is 0 Å². The number of aryl methyl sites for hydroxylation is 1. The largest absolute Gasteiger partial charge is 0.478 e. The second-order valence-electron chi connectivity index (χ2n) is 2.29. The first-order valence-corrected chi connectivity index (χ1v) is 4.10. The van der Waals surface area contributed by atoms with Gasteiger partial charge in [-0.3, -0.25) is 0 Å². The molecule has 72 valence electrons. The maximum absolute atomic E-state index is 12.7. The van der Waals surface area contributed by atoms with E-state index in [-0.39, 0.29) is 5.56 Å². The van der Waals surface area contributed by atoms with Gasteiger partial charge in [0, 0.05) is 0 Å². The van der Waals surface area contributed by atoms with E-state index in [9.17, 15) is 9.18 Å². The van der Waals surface area contributed by atoms with Crippen molar-refractivity contribution in [3.8, 4) is 0 Å². The highest BCUT2D eigenvalue weighted by atomic mass is 19.1. The Morgan fingerprint density at radius 1 is 1.38 bits per heavy atom. The second-order valence-corrected chi connectivity index (χ2v) is 2.29. The normalized spacial score (nSPS) is 8.62. The van der Waals surface area contributed by atoms with Crippen LogP contribution in [0.5, 0.6) is 0 Å². The van der Waals surface area contributed by atoms with Crippen LogP contribution in [0.3, 0.4) is 0 Å². The Morgan fingerprint density at radius 2 is 1.92 bits per heavy atom. The van der Waals surface area contributed by atoms with Crippen LogP contribution >= 0.6 is 0 Å². The number of carboxylic acid groups (broad SMARTS) is 1. The lowest BCUT2D eigenvalue weighted by Crippen LogP contribution is -1.99. The smallest absolute Gasteiger partial charge is 0.338 e. The Bertz CT molecular complexity index is 295. The van der Waals surface area contributed by atoms with E-state index in [0.717, 1.165) is 0 Å². The first kappa shape index (κ1) is 11.6. The lowest BCUT2D eigenvalue weighted by Gasteiger charge is -1.96. The molecule has 0 aromatic heterocycles. The highest BCUT2D eigenvalue weighted by Gasteiger charge is 2.08. The van der Waals surface area contributed by atoms with Crippen LogP contribution in [0.2, 0.25) is 0 Å². The standard InChI is InChI=1S/C8H7FO2.C2H6/c1-5-2-3-6(8(10)11)7(9)4-5;1-2/h2-4H,1H3,(H,10,11);1-2H3. The van der Waals surface area contributed by atoms with E-state index in [1.807, 2.05) is 13.8 Å². The van der Waals surface area contributed by atoms with Gasteiger partial charge < -0.3 is 5.11 Å². The van der Waals surface area contributed by atoms with Gasteiger partial charge in [0.05, 0.1) is 5.56 Å². The first-order valence-electron chi connectivity index (χ1n) is 4.10. The number of hydrogen-bond acceptors (Lipinski definition) is 1. The monoisotopic (exact) mass is 184 g/mol. The van der Waals surface area contributed by atoms with Gasteiger partial charge in [0.1, 0.15) is 5.82 Å².